The highest BCUT2D eigenvalue weighted by Gasteiger charge is 2.28. The molecule has 2 heterocycles. The zero-order valence-electron chi connectivity index (χ0n) is 16.6. The van der Waals surface area contributed by atoms with E-state index in [0.29, 0.717) is 23.0 Å². The second kappa shape index (κ2) is 8.74. The van der Waals surface area contributed by atoms with Gasteiger partial charge in [-0.1, -0.05) is 30.9 Å². The summed E-state index contributed by atoms with van der Waals surface area (Å²) in [5, 5.41) is 7.44. The average Bonchev–Trinajstić information content (AvgIpc) is 3.52. The molecule has 3 aromatic rings. The number of carbonyl (C=O) groups excluding carboxylic acids is 1. The molecule has 3 N–H and O–H groups in total. The molecule has 30 heavy (non-hydrogen) atoms. The lowest BCUT2D eigenvalue weighted by molar-refractivity contribution is -0.842. The molecule has 1 fully saturated rings. The summed E-state index contributed by atoms with van der Waals surface area (Å²) in [5.74, 6) is 0.716. The molecule has 1 amide bonds. The van der Waals surface area contributed by atoms with Crippen molar-refractivity contribution in [3.05, 3.63) is 84.7 Å². The van der Waals surface area contributed by atoms with Crippen LogP contribution in [0.3, 0.4) is 0 Å². The SMILES string of the molecule is C=C/C=C(\C=C/[NH2+]OC)C(=O)Nc1cc(-c2c#cccc2)nc2c(C3CC3)cnn12. The number of allylic oxidation sites excluding steroid dienone is 2. The van der Waals surface area contributed by atoms with E-state index < -0.39 is 0 Å². The summed E-state index contributed by atoms with van der Waals surface area (Å²) < 4.78 is 1.68. The zero-order chi connectivity index (χ0) is 20.9. The fourth-order valence-corrected chi connectivity index (χ4v) is 3.14. The highest BCUT2D eigenvalue weighted by Crippen LogP contribution is 2.42. The largest absolute Gasteiger partial charge is 0.306 e. The number of anilines is 1. The van der Waals surface area contributed by atoms with E-state index in [4.69, 9.17) is 9.82 Å². The van der Waals surface area contributed by atoms with Gasteiger partial charge in [0.2, 0.25) is 0 Å². The Morgan fingerprint density at radius 3 is 3.03 bits per heavy atom. The standard InChI is InChI=1S/C23H21N5O2/c1-3-7-18(12-13-25-30-2)23(29)27-21-14-20(17-8-5-4-6-9-17)26-22-19(16-10-11-16)15-24-28(21)22/h3-5,7-8,12-16,25H,1,10-11H2,2H3,(H,27,29)/p+1/b13-12-,18-7+. The van der Waals surface area contributed by atoms with Crippen molar-refractivity contribution in [2.45, 2.75) is 18.8 Å². The quantitative estimate of drug-likeness (QED) is 0.346. The lowest BCUT2D eigenvalue weighted by Gasteiger charge is -2.10. The van der Waals surface area contributed by atoms with E-state index >= 15 is 0 Å². The first-order valence-electron chi connectivity index (χ1n) is 9.65. The van der Waals surface area contributed by atoms with E-state index in [0.717, 1.165) is 29.6 Å². The number of nitrogens with one attached hydrogen (secondary N) is 1. The van der Waals surface area contributed by atoms with Gasteiger partial charge in [0, 0.05) is 23.3 Å². The summed E-state index contributed by atoms with van der Waals surface area (Å²) in [6, 6.07) is 13.4. The maximum atomic E-state index is 12.9. The number of carbonyl (C=O) groups is 1. The second-order valence-corrected chi connectivity index (χ2v) is 6.89. The molecule has 2 aromatic heterocycles. The van der Waals surface area contributed by atoms with Gasteiger partial charge in [-0.05, 0) is 37.0 Å². The van der Waals surface area contributed by atoms with Gasteiger partial charge >= 0.3 is 0 Å². The Kier molecular flexibility index (Phi) is 5.70. The minimum atomic E-state index is -0.291. The van der Waals surface area contributed by atoms with Crippen LogP contribution < -0.4 is 10.8 Å². The van der Waals surface area contributed by atoms with Crippen LogP contribution in [0.4, 0.5) is 5.82 Å². The number of aromatic nitrogens is 3. The zero-order valence-corrected chi connectivity index (χ0v) is 16.6. The lowest BCUT2D eigenvalue weighted by Crippen LogP contribution is -2.75. The summed E-state index contributed by atoms with van der Waals surface area (Å²) in [6.45, 7) is 3.68. The smallest absolute Gasteiger partial charge is 0.257 e. The summed E-state index contributed by atoms with van der Waals surface area (Å²) in [4.78, 5) is 22.6. The van der Waals surface area contributed by atoms with E-state index in [1.54, 1.807) is 48.2 Å². The first-order chi connectivity index (χ1) is 14.7. The number of nitrogens with zero attached hydrogens (tertiary/aromatic N) is 3. The van der Waals surface area contributed by atoms with E-state index in [1.807, 2.05) is 18.3 Å². The van der Waals surface area contributed by atoms with E-state index in [9.17, 15) is 4.79 Å². The number of rotatable bonds is 8. The van der Waals surface area contributed by atoms with Gasteiger partial charge < -0.3 is 5.32 Å². The molecule has 0 atom stereocenters. The van der Waals surface area contributed by atoms with E-state index in [2.05, 4.69) is 29.1 Å². The predicted molar refractivity (Wildman–Crippen MR) is 113 cm³/mol. The molecule has 7 nitrogen and oxygen atoms in total. The number of hydrogen-bond donors (Lipinski definition) is 2. The van der Waals surface area contributed by atoms with Gasteiger partial charge in [-0.15, -0.1) is 0 Å². The second-order valence-electron chi connectivity index (χ2n) is 6.89. The fourth-order valence-electron chi connectivity index (χ4n) is 3.14. The van der Waals surface area contributed by atoms with Crippen molar-refractivity contribution < 1.29 is 15.1 Å². The Hall–Kier alpha value is -3.73. The number of quaternary nitrogens is 1. The highest BCUT2D eigenvalue weighted by atomic mass is 16.6. The predicted octanol–water partition coefficient (Wildman–Crippen LogP) is 2.56. The van der Waals surface area contributed by atoms with Crippen LogP contribution in [0.2, 0.25) is 0 Å². The number of hydrogen-bond acceptors (Lipinski definition) is 4. The maximum Gasteiger partial charge on any atom is 0.257 e. The third kappa shape index (κ3) is 4.15. The number of amides is 1. The number of hydroxylamine groups is 1. The Morgan fingerprint density at radius 2 is 2.33 bits per heavy atom. The Bertz CT molecular complexity index is 1130. The van der Waals surface area contributed by atoms with Crippen molar-refractivity contribution in [1.29, 1.82) is 0 Å². The molecule has 1 aliphatic rings. The molecular weight excluding hydrogens is 378 g/mol. The first kappa shape index (κ1) is 19.6. The molecule has 150 valence electrons. The third-order valence-electron chi connectivity index (χ3n) is 4.73. The molecular formula is C23H22N5O2+. The van der Waals surface area contributed by atoms with Crippen LogP contribution in [0.5, 0.6) is 0 Å². The molecule has 0 spiro atoms. The van der Waals surface area contributed by atoms with Gasteiger partial charge in [-0.3, -0.25) is 4.79 Å². The maximum absolute atomic E-state index is 12.9. The lowest BCUT2D eigenvalue weighted by atomic mass is 10.1. The fraction of sp³-hybridized carbons (Fsp3) is 0.174. The monoisotopic (exact) mass is 400 g/mol. The van der Waals surface area contributed by atoms with Crippen LogP contribution in [0.15, 0.2) is 67.0 Å². The number of fused-ring (bicyclic) bond motifs is 1. The minimum absolute atomic E-state index is 0.291. The van der Waals surface area contributed by atoms with Crippen molar-refractivity contribution in [2.75, 3.05) is 12.4 Å². The van der Waals surface area contributed by atoms with Gasteiger partial charge in [0.25, 0.3) is 5.91 Å². The Labute approximate surface area is 174 Å². The Balaban J connectivity index is 1.74. The Morgan fingerprint density at radius 1 is 1.47 bits per heavy atom. The van der Waals surface area contributed by atoms with Crippen LogP contribution in [0.1, 0.15) is 24.3 Å². The van der Waals surface area contributed by atoms with Crippen LogP contribution >= 0.6 is 0 Å². The van der Waals surface area contributed by atoms with E-state index in [1.165, 1.54) is 5.48 Å². The van der Waals surface area contributed by atoms with Crippen LogP contribution in [-0.4, -0.2) is 27.6 Å². The normalized spacial score (nSPS) is 14.1. The van der Waals surface area contributed by atoms with Gasteiger partial charge in [0.05, 0.1) is 24.6 Å². The summed E-state index contributed by atoms with van der Waals surface area (Å²) in [6.07, 6.45) is 10.6. The van der Waals surface area contributed by atoms with Gasteiger partial charge in [0.15, 0.2) is 5.65 Å². The molecule has 0 saturated heterocycles. The third-order valence-corrected chi connectivity index (χ3v) is 4.73. The molecule has 0 bridgehead atoms. The van der Waals surface area contributed by atoms with Crippen LogP contribution in [0, 0.1) is 12.1 Å². The molecule has 0 aliphatic heterocycles. The van der Waals surface area contributed by atoms with Gasteiger partial charge in [-0.25, -0.2) is 9.82 Å². The molecule has 1 aromatic carbocycles. The van der Waals surface area contributed by atoms with Crippen molar-refractivity contribution >= 4 is 17.4 Å². The number of nitrogens with two attached hydrogens (primary N) is 1. The molecule has 4 rings (SSSR count). The molecule has 1 aliphatic carbocycles. The minimum Gasteiger partial charge on any atom is -0.306 e. The van der Waals surface area contributed by atoms with Crippen molar-refractivity contribution in [1.82, 2.24) is 14.6 Å². The van der Waals surface area contributed by atoms with Crippen molar-refractivity contribution in [3.63, 3.8) is 0 Å². The summed E-state index contributed by atoms with van der Waals surface area (Å²) in [5.41, 5.74) is 5.27. The molecule has 0 radical (unpaired) electrons. The first-order valence-corrected chi connectivity index (χ1v) is 9.65. The van der Waals surface area contributed by atoms with Crippen molar-refractivity contribution in [2.24, 2.45) is 0 Å². The summed E-state index contributed by atoms with van der Waals surface area (Å²) in [7, 11) is 1.55. The molecule has 0 unspecified atom stereocenters. The van der Waals surface area contributed by atoms with Gasteiger partial charge in [0.1, 0.15) is 12.0 Å². The molecule has 7 heteroatoms. The van der Waals surface area contributed by atoms with Crippen molar-refractivity contribution in [3.8, 4) is 11.3 Å². The van der Waals surface area contributed by atoms with Crippen LogP contribution in [-0.2, 0) is 9.63 Å². The highest BCUT2D eigenvalue weighted by molar-refractivity contribution is 6.05. The summed E-state index contributed by atoms with van der Waals surface area (Å²) >= 11 is 0. The van der Waals surface area contributed by atoms with E-state index in [-0.39, 0.29) is 5.91 Å². The topological polar surface area (TPSA) is 85.1 Å². The van der Waals surface area contributed by atoms with Gasteiger partial charge in [-0.2, -0.15) is 15.1 Å². The van der Waals surface area contributed by atoms with Crippen LogP contribution in [0.25, 0.3) is 16.9 Å². The average molecular weight is 400 g/mol. The molecule has 1 saturated carbocycles.